The van der Waals surface area contributed by atoms with Gasteiger partial charge in [0.1, 0.15) is 12.4 Å². The summed E-state index contributed by atoms with van der Waals surface area (Å²) in [6.07, 6.45) is 8.11. The second-order valence-corrected chi connectivity index (χ2v) is 9.03. The second-order valence-electron chi connectivity index (χ2n) is 9.03. The van der Waals surface area contributed by atoms with Crippen LogP contribution in [-0.2, 0) is 11.3 Å². The fraction of sp³-hybridized carbons (Fsp3) is 0.640. The maximum Gasteiger partial charge on any atom is 0.222 e. The van der Waals surface area contributed by atoms with Gasteiger partial charge in [-0.2, -0.15) is 0 Å². The van der Waals surface area contributed by atoms with E-state index < -0.39 is 0 Å². The van der Waals surface area contributed by atoms with E-state index in [9.17, 15) is 4.79 Å². The highest BCUT2D eigenvalue weighted by molar-refractivity contribution is 5.76. The number of nitrogens with zero attached hydrogens (tertiary/aromatic N) is 3. The standard InChI is InChI=1S/C25H39N3O2/c1-4-18-30-24-10-6-5-9-22(24)20-28-15-7-8-21(19-28)11-12-25(29)27(3)23-13-16-26(2)17-14-23/h4-6,9-10,21,23H,1,7-8,11-20H2,2-3H3/t21-/m0/s1. The van der Waals surface area contributed by atoms with Gasteiger partial charge in [0, 0.05) is 38.2 Å². The summed E-state index contributed by atoms with van der Waals surface area (Å²) in [5.74, 6) is 1.88. The molecule has 0 unspecified atom stereocenters. The summed E-state index contributed by atoms with van der Waals surface area (Å²) in [5.41, 5.74) is 1.23. The van der Waals surface area contributed by atoms with Gasteiger partial charge in [-0.1, -0.05) is 30.9 Å². The Morgan fingerprint density at radius 1 is 1.23 bits per heavy atom. The van der Waals surface area contributed by atoms with Crippen LogP contribution in [0.1, 0.15) is 44.1 Å². The number of para-hydroxylation sites is 1. The second kappa shape index (κ2) is 11.5. The van der Waals surface area contributed by atoms with Gasteiger partial charge in [0.2, 0.25) is 5.91 Å². The molecule has 0 N–H and O–H groups in total. The van der Waals surface area contributed by atoms with Crippen LogP contribution in [0.2, 0.25) is 0 Å². The molecule has 166 valence electrons. The number of hydrogen-bond donors (Lipinski definition) is 0. The first-order valence-corrected chi connectivity index (χ1v) is 11.5. The van der Waals surface area contributed by atoms with Crippen LogP contribution in [0, 0.1) is 5.92 Å². The lowest BCUT2D eigenvalue weighted by Gasteiger charge is -2.36. The number of carbonyl (C=O) groups is 1. The summed E-state index contributed by atoms with van der Waals surface area (Å²) in [5, 5.41) is 0. The highest BCUT2D eigenvalue weighted by atomic mass is 16.5. The topological polar surface area (TPSA) is 36.0 Å². The molecule has 0 spiro atoms. The summed E-state index contributed by atoms with van der Waals surface area (Å²) in [7, 11) is 4.17. The monoisotopic (exact) mass is 413 g/mol. The third-order valence-electron chi connectivity index (χ3n) is 6.72. The molecule has 0 aromatic heterocycles. The van der Waals surface area contributed by atoms with Crippen molar-refractivity contribution in [3.05, 3.63) is 42.5 Å². The highest BCUT2D eigenvalue weighted by Crippen LogP contribution is 2.26. The first-order chi connectivity index (χ1) is 14.6. The number of likely N-dealkylation sites (tertiary alicyclic amines) is 2. The van der Waals surface area contributed by atoms with E-state index in [1.165, 1.54) is 18.4 Å². The molecule has 0 radical (unpaired) electrons. The molecule has 5 heteroatoms. The van der Waals surface area contributed by atoms with Crippen LogP contribution in [0.15, 0.2) is 36.9 Å². The van der Waals surface area contributed by atoms with Crippen molar-refractivity contribution in [2.45, 2.75) is 51.1 Å². The first-order valence-electron chi connectivity index (χ1n) is 11.5. The SMILES string of the molecule is C=CCOc1ccccc1CN1CCC[C@@H](CCC(=O)N(C)C2CCN(C)CC2)C1. The van der Waals surface area contributed by atoms with Gasteiger partial charge in [0.05, 0.1) is 0 Å². The van der Waals surface area contributed by atoms with Crippen LogP contribution >= 0.6 is 0 Å². The van der Waals surface area contributed by atoms with Crippen LogP contribution in [0.4, 0.5) is 0 Å². The number of benzene rings is 1. The molecule has 0 aliphatic carbocycles. The number of rotatable bonds is 9. The van der Waals surface area contributed by atoms with Crippen molar-refractivity contribution in [1.29, 1.82) is 0 Å². The lowest BCUT2D eigenvalue weighted by molar-refractivity contribution is -0.133. The Morgan fingerprint density at radius 2 is 2.00 bits per heavy atom. The molecular weight excluding hydrogens is 374 g/mol. The predicted molar refractivity (Wildman–Crippen MR) is 123 cm³/mol. The average molecular weight is 414 g/mol. The molecule has 1 aromatic carbocycles. The molecule has 2 aliphatic heterocycles. The summed E-state index contributed by atoms with van der Waals surface area (Å²) >= 11 is 0. The van der Waals surface area contributed by atoms with Gasteiger partial charge >= 0.3 is 0 Å². The lowest BCUT2D eigenvalue weighted by Crippen LogP contribution is -2.44. The molecule has 2 fully saturated rings. The van der Waals surface area contributed by atoms with Crippen LogP contribution < -0.4 is 4.74 Å². The van der Waals surface area contributed by atoms with Crippen molar-refractivity contribution in [3.8, 4) is 5.75 Å². The molecule has 1 amide bonds. The van der Waals surface area contributed by atoms with E-state index in [1.54, 1.807) is 6.08 Å². The van der Waals surface area contributed by atoms with Gasteiger partial charge in [-0.25, -0.2) is 0 Å². The molecule has 0 bridgehead atoms. The van der Waals surface area contributed by atoms with Crippen LogP contribution in [-0.4, -0.2) is 73.5 Å². The molecule has 0 saturated carbocycles. The van der Waals surface area contributed by atoms with Crippen molar-refractivity contribution in [2.24, 2.45) is 5.92 Å². The normalized spacial score (nSPS) is 21.3. The van der Waals surface area contributed by atoms with Gasteiger partial charge in [0.15, 0.2) is 0 Å². The minimum atomic E-state index is 0.324. The minimum absolute atomic E-state index is 0.324. The van der Waals surface area contributed by atoms with E-state index in [4.69, 9.17) is 4.74 Å². The third-order valence-corrected chi connectivity index (χ3v) is 6.72. The maximum atomic E-state index is 12.8. The Hall–Kier alpha value is -1.85. The van der Waals surface area contributed by atoms with Gasteiger partial charge in [-0.15, -0.1) is 0 Å². The molecule has 5 nitrogen and oxygen atoms in total. The number of piperidine rings is 2. The van der Waals surface area contributed by atoms with E-state index >= 15 is 0 Å². The Bertz CT molecular complexity index is 685. The highest BCUT2D eigenvalue weighted by Gasteiger charge is 2.26. The van der Waals surface area contributed by atoms with Gasteiger partial charge in [-0.3, -0.25) is 9.69 Å². The van der Waals surface area contributed by atoms with Crippen molar-refractivity contribution >= 4 is 5.91 Å². The number of ether oxygens (including phenoxy) is 1. The summed E-state index contributed by atoms with van der Waals surface area (Å²) in [6, 6.07) is 8.71. The number of amides is 1. The molecule has 2 aliphatic rings. The quantitative estimate of drug-likeness (QED) is 0.577. The fourth-order valence-corrected chi connectivity index (χ4v) is 4.79. The van der Waals surface area contributed by atoms with E-state index in [0.29, 0.717) is 30.9 Å². The maximum absolute atomic E-state index is 12.8. The van der Waals surface area contributed by atoms with Crippen LogP contribution in [0.3, 0.4) is 0 Å². The molecule has 1 atom stereocenters. The predicted octanol–water partition coefficient (Wildman–Crippen LogP) is 3.80. The largest absolute Gasteiger partial charge is 0.489 e. The lowest BCUT2D eigenvalue weighted by atomic mass is 9.92. The number of carbonyl (C=O) groups excluding carboxylic acids is 1. The molecule has 2 saturated heterocycles. The Balaban J connectivity index is 1.46. The van der Waals surface area contributed by atoms with Crippen molar-refractivity contribution in [2.75, 3.05) is 46.9 Å². The summed E-state index contributed by atoms with van der Waals surface area (Å²) in [4.78, 5) is 19.7. The molecule has 3 rings (SSSR count). The van der Waals surface area contributed by atoms with E-state index in [2.05, 4.69) is 35.6 Å². The zero-order valence-corrected chi connectivity index (χ0v) is 18.9. The van der Waals surface area contributed by atoms with E-state index in [0.717, 1.165) is 57.7 Å². The number of hydrogen-bond acceptors (Lipinski definition) is 4. The first kappa shape index (κ1) is 22.8. The van der Waals surface area contributed by atoms with Crippen molar-refractivity contribution in [1.82, 2.24) is 14.7 Å². The molecule has 2 heterocycles. The summed E-state index contributed by atoms with van der Waals surface area (Å²) < 4.78 is 5.83. The molecule has 30 heavy (non-hydrogen) atoms. The van der Waals surface area contributed by atoms with E-state index in [-0.39, 0.29) is 0 Å². The summed E-state index contributed by atoms with van der Waals surface area (Å²) in [6.45, 7) is 9.57. The van der Waals surface area contributed by atoms with Crippen molar-refractivity contribution < 1.29 is 9.53 Å². The molecular formula is C25H39N3O2. The zero-order valence-electron chi connectivity index (χ0n) is 18.9. The minimum Gasteiger partial charge on any atom is -0.489 e. The third kappa shape index (κ3) is 6.58. The zero-order chi connectivity index (χ0) is 21.3. The Labute approximate surface area is 182 Å². The van der Waals surface area contributed by atoms with E-state index in [1.807, 2.05) is 24.1 Å². The van der Waals surface area contributed by atoms with Gasteiger partial charge in [0.25, 0.3) is 0 Å². The van der Waals surface area contributed by atoms with Crippen LogP contribution in [0.25, 0.3) is 0 Å². The Morgan fingerprint density at radius 3 is 2.77 bits per heavy atom. The van der Waals surface area contributed by atoms with Gasteiger partial charge < -0.3 is 14.5 Å². The average Bonchev–Trinajstić information content (AvgIpc) is 2.77. The van der Waals surface area contributed by atoms with Crippen LogP contribution in [0.5, 0.6) is 5.75 Å². The smallest absolute Gasteiger partial charge is 0.222 e. The Kier molecular flexibility index (Phi) is 8.76. The molecule has 1 aromatic rings. The van der Waals surface area contributed by atoms with Gasteiger partial charge in [-0.05, 0) is 70.8 Å². The fourth-order valence-electron chi connectivity index (χ4n) is 4.79. The van der Waals surface area contributed by atoms with Crippen molar-refractivity contribution in [3.63, 3.8) is 0 Å².